The first-order valence-corrected chi connectivity index (χ1v) is 11.3. The molecule has 1 aromatic carbocycles. The van der Waals surface area contributed by atoms with Crippen molar-refractivity contribution in [3.05, 3.63) is 69.6 Å². The highest BCUT2D eigenvalue weighted by Crippen LogP contribution is 2.30. The number of aryl methyl sites for hydroxylation is 2. The molecule has 0 saturated heterocycles. The summed E-state index contributed by atoms with van der Waals surface area (Å²) in [6.45, 7) is 4.55. The fraction of sp³-hybridized carbons (Fsp3) is 0.360. The third-order valence-corrected chi connectivity index (χ3v) is 5.93. The molecular formula is C25H27ClN4O2. The third kappa shape index (κ3) is 4.91. The van der Waals surface area contributed by atoms with Gasteiger partial charge in [0.15, 0.2) is 0 Å². The lowest BCUT2D eigenvalue weighted by Gasteiger charge is -2.20. The van der Waals surface area contributed by atoms with Crippen LogP contribution in [0.4, 0.5) is 0 Å². The molecule has 6 nitrogen and oxygen atoms in total. The van der Waals surface area contributed by atoms with Crippen LogP contribution in [0.2, 0.25) is 5.02 Å². The van der Waals surface area contributed by atoms with E-state index in [-0.39, 0.29) is 0 Å². The van der Waals surface area contributed by atoms with Crippen LogP contribution in [0.25, 0.3) is 10.9 Å². The number of oxime groups is 2. The topological polar surface area (TPSA) is 69.0 Å². The van der Waals surface area contributed by atoms with Gasteiger partial charge in [0.2, 0.25) is 0 Å². The Bertz CT molecular complexity index is 1190. The molecule has 3 aromatic rings. The number of aromatic nitrogens is 2. The largest absolute Gasteiger partial charge is 0.399 e. The minimum absolute atomic E-state index is 0.526. The SMILES string of the molecule is CON=C(C)c1cccc(CCCON=C2CCCc3c2nc2ccc(Cl)cc2c3C)n1. The molecular weight excluding hydrogens is 424 g/mol. The third-order valence-electron chi connectivity index (χ3n) is 5.70. The molecule has 0 aliphatic heterocycles. The van der Waals surface area contributed by atoms with Gasteiger partial charge in [-0.3, -0.25) is 4.98 Å². The summed E-state index contributed by atoms with van der Waals surface area (Å²) in [6, 6.07) is 11.8. The van der Waals surface area contributed by atoms with E-state index < -0.39 is 0 Å². The highest BCUT2D eigenvalue weighted by atomic mass is 35.5. The maximum absolute atomic E-state index is 6.20. The molecule has 0 spiro atoms. The zero-order valence-corrected chi connectivity index (χ0v) is 19.4. The maximum Gasteiger partial charge on any atom is 0.117 e. The van der Waals surface area contributed by atoms with Crippen molar-refractivity contribution in [1.29, 1.82) is 0 Å². The Morgan fingerprint density at radius 3 is 2.88 bits per heavy atom. The van der Waals surface area contributed by atoms with Gasteiger partial charge in [0.1, 0.15) is 25.1 Å². The molecule has 0 bridgehead atoms. The Kier molecular flexibility index (Phi) is 7.00. The number of rotatable bonds is 7. The summed E-state index contributed by atoms with van der Waals surface area (Å²) >= 11 is 6.20. The smallest absolute Gasteiger partial charge is 0.117 e. The van der Waals surface area contributed by atoms with Crippen LogP contribution in [0.15, 0.2) is 46.7 Å². The van der Waals surface area contributed by atoms with E-state index in [9.17, 15) is 0 Å². The normalized spacial score (nSPS) is 15.1. The Morgan fingerprint density at radius 2 is 2.03 bits per heavy atom. The van der Waals surface area contributed by atoms with Gasteiger partial charge in [-0.15, -0.1) is 0 Å². The molecule has 0 amide bonds. The molecule has 1 aliphatic rings. The molecule has 1 aliphatic carbocycles. The van der Waals surface area contributed by atoms with Crippen molar-refractivity contribution in [1.82, 2.24) is 9.97 Å². The summed E-state index contributed by atoms with van der Waals surface area (Å²) in [5, 5.41) is 10.3. The molecule has 0 radical (unpaired) electrons. The van der Waals surface area contributed by atoms with Crippen molar-refractivity contribution >= 4 is 33.9 Å². The van der Waals surface area contributed by atoms with Gasteiger partial charge in [-0.2, -0.15) is 0 Å². The second kappa shape index (κ2) is 10.1. The zero-order valence-electron chi connectivity index (χ0n) is 18.7. The van der Waals surface area contributed by atoms with E-state index in [1.54, 1.807) is 0 Å². The number of hydrogen-bond donors (Lipinski definition) is 0. The Balaban J connectivity index is 1.42. The molecule has 0 unspecified atom stereocenters. The lowest BCUT2D eigenvalue weighted by Crippen LogP contribution is -2.16. The first-order valence-electron chi connectivity index (χ1n) is 10.9. The molecule has 2 heterocycles. The van der Waals surface area contributed by atoms with Crippen molar-refractivity contribution in [2.75, 3.05) is 13.7 Å². The fourth-order valence-electron chi connectivity index (χ4n) is 4.06. The van der Waals surface area contributed by atoms with Crippen LogP contribution in [0.1, 0.15) is 54.4 Å². The van der Waals surface area contributed by atoms with Crippen molar-refractivity contribution in [3.63, 3.8) is 0 Å². The minimum Gasteiger partial charge on any atom is -0.399 e. The van der Waals surface area contributed by atoms with Gasteiger partial charge in [0.05, 0.1) is 16.9 Å². The van der Waals surface area contributed by atoms with Gasteiger partial charge in [-0.1, -0.05) is 28.0 Å². The van der Waals surface area contributed by atoms with E-state index in [2.05, 4.69) is 22.2 Å². The van der Waals surface area contributed by atoms with Crippen LogP contribution < -0.4 is 0 Å². The highest BCUT2D eigenvalue weighted by Gasteiger charge is 2.21. The van der Waals surface area contributed by atoms with Gasteiger partial charge in [-0.25, -0.2) is 4.98 Å². The van der Waals surface area contributed by atoms with Crippen molar-refractivity contribution in [2.24, 2.45) is 10.3 Å². The zero-order chi connectivity index (χ0) is 22.5. The molecule has 0 atom stereocenters. The molecule has 166 valence electrons. The summed E-state index contributed by atoms with van der Waals surface area (Å²) in [7, 11) is 1.53. The molecule has 32 heavy (non-hydrogen) atoms. The Hall–Kier alpha value is -2.99. The van der Waals surface area contributed by atoms with Crippen LogP contribution >= 0.6 is 11.6 Å². The molecule has 4 rings (SSSR count). The molecule has 0 fully saturated rings. The second-order valence-electron chi connectivity index (χ2n) is 7.93. The maximum atomic E-state index is 6.20. The number of halogens is 1. The van der Waals surface area contributed by atoms with Gasteiger partial charge in [0.25, 0.3) is 0 Å². The van der Waals surface area contributed by atoms with E-state index in [0.717, 1.165) is 76.5 Å². The number of nitrogens with zero attached hydrogens (tertiary/aromatic N) is 4. The standard InChI is InChI=1S/C25H27ClN4O2/c1-16-20-9-5-11-24(25(20)28-23-13-12-18(26)15-21(16)23)30-32-14-6-8-19-7-4-10-22(27-19)17(2)29-31-3/h4,7,10,12-13,15H,5-6,8-9,11,14H2,1-3H3. The Labute approximate surface area is 193 Å². The summed E-state index contributed by atoms with van der Waals surface area (Å²) in [6.07, 6.45) is 4.55. The summed E-state index contributed by atoms with van der Waals surface area (Å²) in [5.74, 6) is 0. The number of pyridine rings is 2. The Morgan fingerprint density at radius 1 is 1.16 bits per heavy atom. The number of hydrogen-bond acceptors (Lipinski definition) is 6. The van der Waals surface area contributed by atoms with Crippen molar-refractivity contribution in [2.45, 2.75) is 46.0 Å². The van der Waals surface area contributed by atoms with E-state index in [0.29, 0.717) is 6.61 Å². The summed E-state index contributed by atoms with van der Waals surface area (Å²) in [5.41, 5.74) is 7.89. The minimum atomic E-state index is 0.526. The summed E-state index contributed by atoms with van der Waals surface area (Å²) in [4.78, 5) is 20.0. The fourth-order valence-corrected chi connectivity index (χ4v) is 4.24. The lowest BCUT2D eigenvalue weighted by molar-refractivity contribution is 0.141. The van der Waals surface area contributed by atoms with Gasteiger partial charge >= 0.3 is 0 Å². The van der Waals surface area contributed by atoms with E-state index in [1.807, 2.05) is 43.3 Å². The first-order chi connectivity index (χ1) is 15.6. The van der Waals surface area contributed by atoms with Crippen LogP contribution in [-0.2, 0) is 22.5 Å². The van der Waals surface area contributed by atoms with Crippen LogP contribution in [-0.4, -0.2) is 35.1 Å². The monoisotopic (exact) mass is 450 g/mol. The van der Waals surface area contributed by atoms with Crippen molar-refractivity contribution in [3.8, 4) is 0 Å². The number of fused-ring (bicyclic) bond motifs is 2. The first kappa shape index (κ1) is 22.2. The van der Waals surface area contributed by atoms with Gasteiger partial charge < -0.3 is 9.68 Å². The average molecular weight is 451 g/mol. The average Bonchev–Trinajstić information content (AvgIpc) is 2.80. The van der Waals surface area contributed by atoms with Gasteiger partial charge in [0, 0.05) is 16.1 Å². The molecule has 2 aromatic heterocycles. The van der Waals surface area contributed by atoms with Crippen LogP contribution in [0.3, 0.4) is 0 Å². The van der Waals surface area contributed by atoms with E-state index >= 15 is 0 Å². The van der Waals surface area contributed by atoms with E-state index in [4.69, 9.17) is 26.3 Å². The lowest BCUT2D eigenvalue weighted by atomic mass is 9.89. The van der Waals surface area contributed by atoms with Crippen molar-refractivity contribution < 1.29 is 9.68 Å². The highest BCUT2D eigenvalue weighted by molar-refractivity contribution is 6.31. The predicted octanol–water partition coefficient (Wildman–Crippen LogP) is 5.65. The van der Waals surface area contributed by atoms with Crippen LogP contribution in [0.5, 0.6) is 0 Å². The molecule has 0 N–H and O–H groups in total. The molecule has 7 heteroatoms. The van der Waals surface area contributed by atoms with E-state index in [1.165, 1.54) is 18.2 Å². The summed E-state index contributed by atoms with van der Waals surface area (Å²) < 4.78 is 0. The second-order valence-corrected chi connectivity index (χ2v) is 8.36. The predicted molar refractivity (Wildman–Crippen MR) is 129 cm³/mol. The molecule has 0 saturated carbocycles. The number of benzene rings is 1. The van der Waals surface area contributed by atoms with Gasteiger partial charge in [-0.05, 0) is 87.4 Å². The quantitative estimate of drug-likeness (QED) is 0.265. The van der Waals surface area contributed by atoms with Crippen LogP contribution in [0, 0.1) is 6.92 Å².